The molecular weight excluding hydrogens is 328 g/mol. The molecule has 3 aromatic carbocycles. The number of hydrogen-bond acceptors (Lipinski definition) is 1. The number of hydrogen-bond donors (Lipinski definition) is 0. The van der Waals surface area contributed by atoms with Gasteiger partial charge in [0.05, 0.1) is 16.7 Å². The second-order valence-corrected chi connectivity index (χ2v) is 6.94. The van der Waals surface area contributed by atoms with Gasteiger partial charge in [0.15, 0.2) is 0 Å². The van der Waals surface area contributed by atoms with Gasteiger partial charge in [0.1, 0.15) is 0 Å². The highest BCUT2D eigenvalue weighted by Crippen LogP contribution is 2.35. The van der Waals surface area contributed by atoms with E-state index < -0.39 is 0 Å². The number of aromatic nitrogens is 2. The summed E-state index contributed by atoms with van der Waals surface area (Å²) < 4.78 is 2.25. The van der Waals surface area contributed by atoms with E-state index >= 15 is 0 Å². The summed E-state index contributed by atoms with van der Waals surface area (Å²) in [6, 6.07) is 32.1. The van der Waals surface area contributed by atoms with Gasteiger partial charge < -0.3 is 4.40 Å². The van der Waals surface area contributed by atoms with Crippen LogP contribution in [0.2, 0.25) is 0 Å². The Morgan fingerprint density at radius 2 is 1.44 bits per heavy atom. The fraction of sp³-hybridized carbons (Fsp3) is 0. The Morgan fingerprint density at radius 3 is 2.41 bits per heavy atom. The molecule has 6 rings (SSSR count). The molecule has 0 saturated heterocycles. The molecule has 27 heavy (non-hydrogen) atoms. The van der Waals surface area contributed by atoms with Crippen LogP contribution >= 0.6 is 0 Å². The zero-order chi connectivity index (χ0) is 17.8. The highest BCUT2D eigenvalue weighted by molar-refractivity contribution is 6.12. The average Bonchev–Trinajstić information content (AvgIpc) is 3.13. The molecule has 2 heteroatoms. The van der Waals surface area contributed by atoms with Crippen LogP contribution in [0, 0.1) is 0 Å². The Kier molecular flexibility index (Phi) is 2.91. The molecular formula is C25H16N2. The number of rotatable bonds is 1. The van der Waals surface area contributed by atoms with Gasteiger partial charge in [-0.05, 0) is 41.1 Å². The van der Waals surface area contributed by atoms with Crippen LogP contribution in [0.4, 0.5) is 0 Å². The van der Waals surface area contributed by atoms with Crippen molar-refractivity contribution in [2.45, 2.75) is 0 Å². The van der Waals surface area contributed by atoms with E-state index in [1.807, 2.05) is 0 Å². The lowest BCUT2D eigenvalue weighted by atomic mass is 10.0. The van der Waals surface area contributed by atoms with E-state index in [2.05, 4.69) is 102 Å². The predicted molar refractivity (Wildman–Crippen MR) is 113 cm³/mol. The molecule has 3 heterocycles. The largest absolute Gasteiger partial charge is 0.315 e. The zero-order valence-electron chi connectivity index (χ0n) is 14.6. The molecule has 0 radical (unpaired) electrons. The first kappa shape index (κ1) is 14.5. The summed E-state index contributed by atoms with van der Waals surface area (Å²) in [5.41, 5.74) is 5.56. The van der Waals surface area contributed by atoms with Gasteiger partial charge in [0, 0.05) is 28.0 Å². The van der Waals surface area contributed by atoms with Gasteiger partial charge in [0.25, 0.3) is 0 Å². The Hall–Kier alpha value is -3.65. The predicted octanol–water partition coefficient (Wildman–Crippen LogP) is 6.46. The van der Waals surface area contributed by atoms with Gasteiger partial charge in [-0.3, -0.25) is 0 Å². The quantitative estimate of drug-likeness (QED) is 0.334. The number of pyridine rings is 2. The van der Waals surface area contributed by atoms with Crippen LogP contribution in [0.3, 0.4) is 0 Å². The fourth-order valence-corrected chi connectivity index (χ4v) is 4.08. The summed E-state index contributed by atoms with van der Waals surface area (Å²) >= 11 is 0. The lowest BCUT2D eigenvalue weighted by Crippen LogP contribution is -1.92. The molecule has 0 aliphatic carbocycles. The molecule has 0 aliphatic heterocycles. The maximum Gasteiger partial charge on any atom is 0.0956 e. The van der Waals surface area contributed by atoms with Gasteiger partial charge in [-0.2, -0.15) is 0 Å². The van der Waals surface area contributed by atoms with Crippen LogP contribution in [-0.2, 0) is 0 Å². The molecule has 0 fully saturated rings. The molecule has 0 bridgehead atoms. The second kappa shape index (κ2) is 5.42. The third kappa shape index (κ3) is 2.10. The summed E-state index contributed by atoms with van der Waals surface area (Å²) in [6.07, 6.45) is 2.12. The van der Waals surface area contributed by atoms with E-state index in [4.69, 9.17) is 4.98 Å². The molecule has 0 saturated carbocycles. The third-order valence-electron chi connectivity index (χ3n) is 5.35. The van der Waals surface area contributed by atoms with Gasteiger partial charge in [-0.25, -0.2) is 4.98 Å². The van der Waals surface area contributed by atoms with E-state index in [9.17, 15) is 0 Å². The number of fused-ring (bicyclic) bond motifs is 6. The van der Waals surface area contributed by atoms with Crippen LogP contribution in [0.1, 0.15) is 0 Å². The molecule has 126 valence electrons. The summed E-state index contributed by atoms with van der Waals surface area (Å²) in [4.78, 5) is 5.08. The first-order valence-corrected chi connectivity index (χ1v) is 9.16. The van der Waals surface area contributed by atoms with Crippen LogP contribution in [0.5, 0.6) is 0 Å². The van der Waals surface area contributed by atoms with Crippen molar-refractivity contribution >= 4 is 38.1 Å². The van der Waals surface area contributed by atoms with Crippen molar-refractivity contribution in [2.24, 2.45) is 0 Å². The summed E-state index contributed by atoms with van der Waals surface area (Å²) in [7, 11) is 0. The van der Waals surface area contributed by atoms with Crippen molar-refractivity contribution in [3.8, 4) is 11.3 Å². The maximum absolute atomic E-state index is 5.08. The molecule has 3 aromatic heterocycles. The third-order valence-corrected chi connectivity index (χ3v) is 5.35. The first-order valence-electron chi connectivity index (χ1n) is 9.16. The summed E-state index contributed by atoms with van der Waals surface area (Å²) in [5.74, 6) is 0. The highest BCUT2D eigenvalue weighted by Gasteiger charge is 2.14. The van der Waals surface area contributed by atoms with Crippen molar-refractivity contribution in [2.75, 3.05) is 0 Å². The Labute approximate surface area is 156 Å². The van der Waals surface area contributed by atoms with Gasteiger partial charge in [-0.15, -0.1) is 0 Å². The van der Waals surface area contributed by atoms with Crippen molar-refractivity contribution in [1.82, 2.24) is 9.38 Å². The minimum absolute atomic E-state index is 1.03. The van der Waals surface area contributed by atoms with Gasteiger partial charge in [0.2, 0.25) is 0 Å². The summed E-state index contributed by atoms with van der Waals surface area (Å²) in [6.45, 7) is 0. The number of benzene rings is 3. The standard InChI is InChI=1S/C25H16N2/c1-2-8-18-15-19(13-12-17(18)7-1)24-25-22(16-20-9-5-6-14-27(20)25)21-10-3-4-11-23(21)26-24/h1-16H. The molecule has 0 atom stereocenters. The lowest BCUT2D eigenvalue weighted by Gasteiger charge is -2.09. The minimum atomic E-state index is 1.03. The van der Waals surface area contributed by atoms with Gasteiger partial charge >= 0.3 is 0 Å². The zero-order valence-corrected chi connectivity index (χ0v) is 14.6. The van der Waals surface area contributed by atoms with Crippen molar-refractivity contribution in [3.63, 3.8) is 0 Å². The normalized spacial score (nSPS) is 11.7. The van der Waals surface area contributed by atoms with Crippen LogP contribution in [0.15, 0.2) is 97.2 Å². The molecule has 0 unspecified atom stereocenters. The smallest absolute Gasteiger partial charge is 0.0956 e. The maximum atomic E-state index is 5.08. The minimum Gasteiger partial charge on any atom is -0.315 e. The van der Waals surface area contributed by atoms with Crippen LogP contribution < -0.4 is 0 Å². The second-order valence-electron chi connectivity index (χ2n) is 6.94. The van der Waals surface area contributed by atoms with Gasteiger partial charge in [-0.1, -0.05) is 60.7 Å². The van der Waals surface area contributed by atoms with Crippen molar-refractivity contribution in [1.29, 1.82) is 0 Å². The number of para-hydroxylation sites is 1. The average molecular weight is 344 g/mol. The molecule has 0 amide bonds. The van der Waals surface area contributed by atoms with Crippen LogP contribution in [-0.4, -0.2) is 9.38 Å². The first-order chi connectivity index (χ1) is 13.4. The number of nitrogens with zero attached hydrogens (tertiary/aromatic N) is 2. The monoisotopic (exact) mass is 344 g/mol. The van der Waals surface area contributed by atoms with E-state index in [1.165, 1.54) is 32.6 Å². The van der Waals surface area contributed by atoms with Crippen LogP contribution in [0.25, 0.3) is 49.4 Å². The molecule has 0 aliphatic rings. The Morgan fingerprint density at radius 1 is 0.630 bits per heavy atom. The van der Waals surface area contributed by atoms with Crippen molar-refractivity contribution in [3.05, 3.63) is 97.2 Å². The SMILES string of the molecule is c1ccc2cc(-c3nc4ccccc4c4cc5ccccn5c34)ccc2c1. The Bertz CT molecular complexity index is 1470. The highest BCUT2D eigenvalue weighted by atomic mass is 14.9. The molecule has 2 nitrogen and oxygen atoms in total. The lowest BCUT2D eigenvalue weighted by molar-refractivity contribution is 1.24. The van der Waals surface area contributed by atoms with E-state index in [0.29, 0.717) is 0 Å². The molecule has 0 N–H and O–H groups in total. The van der Waals surface area contributed by atoms with E-state index in [1.54, 1.807) is 0 Å². The molecule has 6 aromatic rings. The topological polar surface area (TPSA) is 17.3 Å². The van der Waals surface area contributed by atoms with Crippen molar-refractivity contribution < 1.29 is 0 Å². The summed E-state index contributed by atoms with van der Waals surface area (Å²) in [5, 5.41) is 4.92. The molecule has 0 spiro atoms. The fourth-order valence-electron chi connectivity index (χ4n) is 4.08. The van der Waals surface area contributed by atoms with E-state index in [0.717, 1.165) is 16.8 Å². The Balaban J connectivity index is 1.80. The van der Waals surface area contributed by atoms with E-state index in [-0.39, 0.29) is 0 Å².